The average molecular weight is 254 g/mol. The molecule has 0 amide bonds. The van der Waals surface area contributed by atoms with Gasteiger partial charge in [-0.2, -0.15) is 0 Å². The van der Waals surface area contributed by atoms with Crippen LogP contribution in [0.5, 0.6) is 0 Å². The molecule has 0 aromatic rings. The molecular formula is C14H22O4. The standard InChI is InChI=1S/C14H22O4/c1-2-4-10-9(15)7-13-14(17-10)8-12-11(18-13)5-3-6-16-12/h2,9-15H,1,3-8H2/t9-,10+,11-,12+,13+,14-/m0/s1. The van der Waals surface area contributed by atoms with Crippen LogP contribution in [0.2, 0.25) is 0 Å². The number of fused-ring (bicyclic) bond motifs is 2. The summed E-state index contributed by atoms with van der Waals surface area (Å²) >= 11 is 0. The molecule has 0 bridgehead atoms. The second kappa shape index (κ2) is 5.29. The molecule has 6 atom stereocenters. The first-order chi connectivity index (χ1) is 8.78. The van der Waals surface area contributed by atoms with Gasteiger partial charge in [0.05, 0.1) is 36.6 Å². The first kappa shape index (κ1) is 12.6. The quantitative estimate of drug-likeness (QED) is 0.757. The Morgan fingerprint density at radius 3 is 2.78 bits per heavy atom. The van der Waals surface area contributed by atoms with Crippen LogP contribution in [0.4, 0.5) is 0 Å². The van der Waals surface area contributed by atoms with Crippen molar-refractivity contribution in [2.24, 2.45) is 0 Å². The number of aliphatic hydroxyl groups is 1. The van der Waals surface area contributed by atoms with E-state index in [-0.39, 0.29) is 30.5 Å². The van der Waals surface area contributed by atoms with Crippen LogP contribution in [0.3, 0.4) is 0 Å². The highest BCUT2D eigenvalue weighted by molar-refractivity contribution is 4.95. The molecule has 1 N–H and O–H groups in total. The predicted octanol–water partition coefficient (Wildman–Crippen LogP) is 1.42. The summed E-state index contributed by atoms with van der Waals surface area (Å²) < 4.78 is 17.8. The Balaban J connectivity index is 1.66. The Kier molecular flexibility index (Phi) is 3.71. The highest BCUT2D eigenvalue weighted by Crippen LogP contribution is 2.36. The van der Waals surface area contributed by atoms with Gasteiger partial charge in [0.15, 0.2) is 0 Å². The maximum absolute atomic E-state index is 10.1. The van der Waals surface area contributed by atoms with Crippen molar-refractivity contribution >= 4 is 0 Å². The summed E-state index contributed by atoms with van der Waals surface area (Å²) in [5.41, 5.74) is 0. The van der Waals surface area contributed by atoms with E-state index in [0.717, 1.165) is 25.9 Å². The highest BCUT2D eigenvalue weighted by atomic mass is 16.6. The van der Waals surface area contributed by atoms with Gasteiger partial charge in [0.2, 0.25) is 0 Å². The lowest BCUT2D eigenvalue weighted by atomic mass is 9.87. The van der Waals surface area contributed by atoms with E-state index in [1.807, 2.05) is 0 Å². The lowest BCUT2D eigenvalue weighted by Gasteiger charge is -2.48. The second-order valence-corrected chi connectivity index (χ2v) is 5.54. The van der Waals surface area contributed by atoms with Crippen LogP contribution in [-0.2, 0) is 14.2 Å². The van der Waals surface area contributed by atoms with Gasteiger partial charge in [0, 0.05) is 19.4 Å². The lowest BCUT2D eigenvalue weighted by molar-refractivity contribution is -0.258. The summed E-state index contributed by atoms with van der Waals surface area (Å²) in [5, 5.41) is 10.1. The average Bonchev–Trinajstić information content (AvgIpc) is 2.38. The van der Waals surface area contributed by atoms with E-state index in [4.69, 9.17) is 14.2 Å². The van der Waals surface area contributed by atoms with Crippen molar-refractivity contribution < 1.29 is 19.3 Å². The normalized spacial score (nSPS) is 48.1. The van der Waals surface area contributed by atoms with Crippen LogP contribution in [0.25, 0.3) is 0 Å². The molecule has 3 saturated heterocycles. The minimum Gasteiger partial charge on any atom is -0.390 e. The van der Waals surface area contributed by atoms with Gasteiger partial charge in [-0.15, -0.1) is 6.58 Å². The molecule has 3 fully saturated rings. The predicted molar refractivity (Wildman–Crippen MR) is 66.4 cm³/mol. The first-order valence-electron chi connectivity index (χ1n) is 6.99. The number of aliphatic hydroxyl groups excluding tert-OH is 1. The van der Waals surface area contributed by atoms with E-state index in [9.17, 15) is 5.11 Å². The zero-order valence-corrected chi connectivity index (χ0v) is 10.7. The molecular weight excluding hydrogens is 232 g/mol. The summed E-state index contributed by atoms with van der Waals surface area (Å²) in [6.45, 7) is 4.55. The Hall–Kier alpha value is -0.420. The van der Waals surface area contributed by atoms with Crippen LogP contribution in [-0.4, -0.2) is 48.3 Å². The van der Waals surface area contributed by atoms with Crippen LogP contribution < -0.4 is 0 Å². The summed E-state index contributed by atoms with van der Waals surface area (Å²) in [6, 6.07) is 0. The Labute approximate surface area is 108 Å². The maximum atomic E-state index is 10.1. The topological polar surface area (TPSA) is 47.9 Å². The Morgan fingerprint density at radius 1 is 1.11 bits per heavy atom. The summed E-state index contributed by atoms with van der Waals surface area (Å²) in [5.74, 6) is 0. The van der Waals surface area contributed by atoms with E-state index in [2.05, 4.69) is 6.58 Å². The van der Waals surface area contributed by atoms with Gasteiger partial charge in [0.25, 0.3) is 0 Å². The van der Waals surface area contributed by atoms with Crippen LogP contribution in [0, 0.1) is 0 Å². The third-order valence-corrected chi connectivity index (χ3v) is 4.26. The van der Waals surface area contributed by atoms with Crippen molar-refractivity contribution in [2.45, 2.75) is 68.7 Å². The minimum absolute atomic E-state index is 0.0315. The summed E-state index contributed by atoms with van der Waals surface area (Å²) in [7, 11) is 0. The van der Waals surface area contributed by atoms with Gasteiger partial charge in [-0.05, 0) is 19.3 Å². The second-order valence-electron chi connectivity index (χ2n) is 5.54. The smallest absolute Gasteiger partial charge is 0.0874 e. The summed E-state index contributed by atoms with van der Waals surface area (Å²) in [4.78, 5) is 0. The molecule has 3 rings (SSSR count). The van der Waals surface area contributed by atoms with Gasteiger partial charge in [0.1, 0.15) is 0 Å². The Bertz CT molecular complexity index is 306. The fraction of sp³-hybridized carbons (Fsp3) is 0.857. The van der Waals surface area contributed by atoms with Gasteiger partial charge in [-0.1, -0.05) is 6.08 Å². The first-order valence-corrected chi connectivity index (χ1v) is 6.99. The lowest BCUT2D eigenvalue weighted by Crippen LogP contribution is -2.57. The van der Waals surface area contributed by atoms with E-state index in [1.165, 1.54) is 0 Å². The highest BCUT2D eigenvalue weighted by Gasteiger charge is 2.45. The van der Waals surface area contributed by atoms with Crippen molar-refractivity contribution in [1.29, 1.82) is 0 Å². The molecule has 18 heavy (non-hydrogen) atoms. The van der Waals surface area contributed by atoms with Crippen molar-refractivity contribution in [3.63, 3.8) is 0 Å². The van der Waals surface area contributed by atoms with E-state index in [0.29, 0.717) is 12.8 Å². The third-order valence-electron chi connectivity index (χ3n) is 4.26. The van der Waals surface area contributed by atoms with Crippen molar-refractivity contribution in [3.05, 3.63) is 12.7 Å². The van der Waals surface area contributed by atoms with Crippen LogP contribution >= 0.6 is 0 Å². The number of hydrogen-bond acceptors (Lipinski definition) is 4. The van der Waals surface area contributed by atoms with E-state index in [1.54, 1.807) is 6.08 Å². The zero-order valence-electron chi connectivity index (χ0n) is 10.7. The molecule has 4 nitrogen and oxygen atoms in total. The zero-order chi connectivity index (χ0) is 12.5. The molecule has 0 saturated carbocycles. The molecule has 3 aliphatic heterocycles. The van der Waals surface area contributed by atoms with E-state index < -0.39 is 6.10 Å². The van der Waals surface area contributed by atoms with Gasteiger partial charge in [-0.25, -0.2) is 0 Å². The van der Waals surface area contributed by atoms with Crippen molar-refractivity contribution in [3.8, 4) is 0 Å². The maximum Gasteiger partial charge on any atom is 0.0874 e. The number of rotatable bonds is 2. The molecule has 0 radical (unpaired) electrons. The molecule has 0 aromatic carbocycles. The Morgan fingerprint density at radius 2 is 1.94 bits per heavy atom. The molecule has 0 spiro atoms. The van der Waals surface area contributed by atoms with Gasteiger partial charge < -0.3 is 19.3 Å². The van der Waals surface area contributed by atoms with E-state index >= 15 is 0 Å². The fourth-order valence-electron chi connectivity index (χ4n) is 3.31. The summed E-state index contributed by atoms with van der Waals surface area (Å²) in [6.07, 6.45) is 6.12. The molecule has 0 aromatic heterocycles. The van der Waals surface area contributed by atoms with Crippen LogP contribution in [0.15, 0.2) is 12.7 Å². The molecule has 3 heterocycles. The molecule has 0 unspecified atom stereocenters. The molecule has 4 heteroatoms. The van der Waals surface area contributed by atoms with Crippen molar-refractivity contribution in [2.75, 3.05) is 6.61 Å². The van der Waals surface area contributed by atoms with Crippen molar-refractivity contribution in [1.82, 2.24) is 0 Å². The number of hydrogen-bond donors (Lipinski definition) is 1. The monoisotopic (exact) mass is 254 g/mol. The molecule has 0 aliphatic carbocycles. The molecule has 3 aliphatic rings. The largest absolute Gasteiger partial charge is 0.390 e. The van der Waals surface area contributed by atoms with Gasteiger partial charge >= 0.3 is 0 Å². The third kappa shape index (κ3) is 2.35. The minimum atomic E-state index is -0.440. The van der Waals surface area contributed by atoms with Crippen LogP contribution in [0.1, 0.15) is 32.1 Å². The van der Waals surface area contributed by atoms with Gasteiger partial charge in [-0.3, -0.25) is 0 Å². The number of ether oxygens (including phenoxy) is 3. The fourth-order valence-corrected chi connectivity index (χ4v) is 3.31. The molecule has 102 valence electrons. The SMILES string of the molecule is C=CC[C@H]1O[C@H]2C[C@H]3OCCC[C@@H]3O[C@@H]2C[C@@H]1O.